The average molecular weight is 409 g/mol. The van der Waals surface area contributed by atoms with Crippen molar-refractivity contribution in [3.8, 4) is 0 Å². The van der Waals surface area contributed by atoms with Gasteiger partial charge in [0, 0.05) is 11.6 Å². The van der Waals surface area contributed by atoms with Crippen molar-refractivity contribution in [3.05, 3.63) is 11.6 Å². The zero-order chi connectivity index (χ0) is 19.4. The Morgan fingerprint density at radius 1 is 0.833 bits per heavy atom. The van der Waals surface area contributed by atoms with Crippen LogP contribution in [0.5, 0.6) is 0 Å². The monoisotopic (exact) mass is 408 g/mol. The third kappa shape index (κ3) is 11.5. The van der Waals surface area contributed by atoms with Gasteiger partial charge < -0.3 is 17.5 Å². The molecule has 142 valence electrons. The van der Waals surface area contributed by atoms with Crippen LogP contribution in [0.1, 0.15) is 13.3 Å². The van der Waals surface area contributed by atoms with Gasteiger partial charge in [-0.25, -0.2) is 4.79 Å². The number of hydrogen-bond acceptors (Lipinski definition) is 4. The summed E-state index contributed by atoms with van der Waals surface area (Å²) in [5.41, 5.74) is 0.354. The Morgan fingerprint density at radius 2 is 1.17 bits per heavy atom. The van der Waals surface area contributed by atoms with Crippen molar-refractivity contribution in [2.45, 2.75) is 78.3 Å². The number of carboxylic acids is 1. The zero-order valence-electron chi connectivity index (χ0n) is 17.1. The van der Waals surface area contributed by atoms with E-state index in [1.54, 1.807) is 13.0 Å². The first-order valence-corrected chi connectivity index (χ1v) is 20.6. The minimum Gasteiger partial charge on any atom is -0.478 e. The molecule has 5 nitrogen and oxygen atoms in total. The van der Waals surface area contributed by atoms with Gasteiger partial charge in [0.1, 0.15) is 0 Å². The van der Waals surface area contributed by atoms with E-state index >= 15 is 0 Å². The van der Waals surface area contributed by atoms with Crippen molar-refractivity contribution in [2.75, 3.05) is 0 Å². The first-order valence-electron chi connectivity index (χ1n) is 8.45. The van der Waals surface area contributed by atoms with Crippen molar-refractivity contribution in [3.63, 3.8) is 0 Å². The Hall–Kier alpha value is -0.0425. The van der Waals surface area contributed by atoms with Crippen LogP contribution >= 0.6 is 0 Å². The molecule has 9 heteroatoms. The highest BCUT2D eigenvalue weighted by molar-refractivity contribution is 6.90. The molecule has 0 aromatic carbocycles. The molecule has 0 heterocycles. The number of allylic oxidation sites excluding steroid dienone is 1. The molecule has 0 bridgehead atoms. The Kier molecular flexibility index (Phi) is 8.55. The van der Waals surface area contributed by atoms with E-state index in [0.717, 1.165) is 0 Å². The Balaban J connectivity index is 5.62. The molecule has 24 heavy (non-hydrogen) atoms. The minimum absolute atomic E-state index is 0.354. The maximum atomic E-state index is 11.0. The summed E-state index contributed by atoms with van der Waals surface area (Å²) in [6.07, 6.45) is 2.35. The molecule has 0 radical (unpaired) electrons. The SMILES string of the molecule is CC(=CCC[Si](O[Si](C)(C)C)(O[Si](C)(C)C)O[Si](C)(C)C)C(=O)O. The van der Waals surface area contributed by atoms with E-state index in [0.29, 0.717) is 18.0 Å². The molecule has 0 aliphatic carbocycles. The lowest BCUT2D eigenvalue weighted by atomic mass is 10.2. The van der Waals surface area contributed by atoms with Gasteiger partial charge in [0.2, 0.25) is 0 Å². The topological polar surface area (TPSA) is 65.0 Å². The highest BCUT2D eigenvalue weighted by Gasteiger charge is 2.49. The fourth-order valence-corrected chi connectivity index (χ4v) is 16.7. The molecule has 0 amide bonds. The van der Waals surface area contributed by atoms with Crippen molar-refractivity contribution in [1.82, 2.24) is 0 Å². The van der Waals surface area contributed by atoms with Crippen molar-refractivity contribution >= 4 is 39.7 Å². The van der Waals surface area contributed by atoms with Crippen LogP contribution in [0.15, 0.2) is 11.6 Å². The molecule has 0 rings (SSSR count). The number of rotatable bonds is 10. The van der Waals surface area contributed by atoms with E-state index < -0.39 is 39.7 Å². The maximum Gasteiger partial charge on any atom is 0.469 e. The summed E-state index contributed by atoms with van der Waals surface area (Å²) in [5.74, 6) is -0.884. The van der Waals surface area contributed by atoms with Crippen LogP contribution in [-0.2, 0) is 17.1 Å². The summed E-state index contributed by atoms with van der Waals surface area (Å²) in [5, 5.41) is 9.04. The van der Waals surface area contributed by atoms with E-state index in [1.807, 2.05) is 0 Å². The Labute approximate surface area is 152 Å². The number of carbonyl (C=O) groups is 1. The summed E-state index contributed by atoms with van der Waals surface area (Å²) in [7, 11) is -8.47. The third-order valence-corrected chi connectivity index (χ3v) is 14.6. The summed E-state index contributed by atoms with van der Waals surface area (Å²) >= 11 is 0. The van der Waals surface area contributed by atoms with E-state index in [2.05, 4.69) is 58.9 Å². The highest BCUT2D eigenvalue weighted by Crippen LogP contribution is 2.30. The van der Waals surface area contributed by atoms with E-state index in [9.17, 15) is 4.79 Å². The van der Waals surface area contributed by atoms with E-state index in [4.69, 9.17) is 17.5 Å². The fourth-order valence-electron chi connectivity index (χ4n) is 2.17. The van der Waals surface area contributed by atoms with Crippen LogP contribution < -0.4 is 0 Å². The highest BCUT2D eigenvalue weighted by atomic mass is 28.5. The van der Waals surface area contributed by atoms with Crippen molar-refractivity contribution < 1.29 is 22.2 Å². The van der Waals surface area contributed by atoms with Crippen molar-refractivity contribution in [1.29, 1.82) is 0 Å². The molecule has 0 saturated heterocycles. The summed E-state index contributed by atoms with van der Waals surface area (Å²) in [6.45, 7) is 20.9. The lowest BCUT2D eigenvalue weighted by Gasteiger charge is -2.42. The van der Waals surface area contributed by atoms with E-state index in [-0.39, 0.29) is 0 Å². The molecule has 0 unspecified atom stereocenters. The molecule has 0 fully saturated rings. The molecule has 1 N–H and O–H groups in total. The predicted molar refractivity (Wildman–Crippen MR) is 110 cm³/mol. The second-order valence-corrected chi connectivity index (χ2v) is 26.0. The molecular weight excluding hydrogens is 373 g/mol. The van der Waals surface area contributed by atoms with Crippen LogP contribution in [0.25, 0.3) is 0 Å². The zero-order valence-corrected chi connectivity index (χ0v) is 21.1. The first-order chi connectivity index (χ1) is 10.4. The second kappa shape index (κ2) is 8.56. The van der Waals surface area contributed by atoms with Gasteiger partial charge in [0.25, 0.3) is 0 Å². The van der Waals surface area contributed by atoms with Gasteiger partial charge in [-0.2, -0.15) is 0 Å². The summed E-state index contributed by atoms with van der Waals surface area (Å²) < 4.78 is 19.6. The van der Waals surface area contributed by atoms with Gasteiger partial charge in [-0.1, -0.05) is 6.08 Å². The first kappa shape index (κ1) is 24.0. The number of aliphatic carboxylic acids is 1. The normalized spacial score (nSPS) is 14.8. The Bertz CT molecular complexity index is 417. The van der Waals surface area contributed by atoms with Crippen molar-refractivity contribution in [2.24, 2.45) is 0 Å². The predicted octanol–water partition coefficient (Wildman–Crippen LogP) is 4.90. The standard InChI is InChI=1S/C15H36O5Si4/c1-14(15(16)17)12-11-13-24(18-21(2,3)4,19-22(5,6)7)20-23(8,9)10/h12H,11,13H2,1-10H3,(H,16,17). The molecule has 0 aliphatic rings. The van der Waals surface area contributed by atoms with Gasteiger partial charge in [0.15, 0.2) is 25.0 Å². The van der Waals surface area contributed by atoms with Gasteiger partial charge in [0.05, 0.1) is 0 Å². The number of carboxylic acid groups (broad SMARTS) is 1. The second-order valence-electron chi connectivity index (χ2n) is 9.06. The third-order valence-electron chi connectivity index (χ3n) is 2.62. The van der Waals surface area contributed by atoms with Gasteiger partial charge in [-0.05, 0) is 72.3 Å². The molecule has 0 aromatic rings. The summed E-state index contributed by atoms with van der Waals surface area (Å²) in [4.78, 5) is 11.0. The largest absolute Gasteiger partial charge is 0.478 e. The molecular formula is C15H36O5Si4. The molecule has 0 aliphatic heterocycles. The maximum absolute atomic E-state index is 11.0. The molecule has 0 saturated carbocycles. The lowest BCUT2D eigenvalue weighted by Crippen LogP contribution is -2.60. The average Bonchev–Trinajstić information content (AvgIpc) is 2.20. The minimum atomic E-state index is -2.86. The van der Waals surface area contributed by atoms with Crippen LogP contribution in [0, 0.1) is 0 Å². The summed E-state index contributed by atoms with van der Waals surface area (Å²) in [6, 6.07) is 0.635. The van der Waals surface area contributed by atoms with Gasteiger partial charge >= 0.3 is 14.8 Å². The van der Waals surface area contributed by atoms with Crippen LogP contribution in [0.2, 0.25) is 65.0 Å². The smallest absolute Gasteiger partial charge is 0.469 e. The van der Waals surface area contributed by atoms with Crippen LogP contribution in [-0.4, -0.2) is 44.8 Å². The lowest BCUT2D eigenvalue weighted by molar-refractivity contribution is -0.132. The Morgan fingerprint density at radius 3 is 1.42 bits per heavy atom. The van der Waals surface area contributed by atoms with Crippen LogP contribution in [0.4, 0.5) is 0 Å². The molecule has 0 spiro atoms. The van der Waals surface area contributed by atoms with E-state index in [1.165, 1.54) is 0 Å². The molecule has 0 aromatic heterocycles. The van der Waals surface area contributed by atoms with Gasteiger partial charge in [-0.15, -0.1) is 0 Å². The van der Waals surface area contributed by atoms with Crippen LogP contribution in [0.3, 0.4) is 0 Å². The van der Waals surface area contributed by atoms with Gasteiger partial charge in [-0.3, -0.25) is 0 Å². The quantitative estimate of drug-likeness (QED) is 0.411. The fraction of sp³-hybridized carbons (Fsp3) is 0.800. The number of hydrogen-bond donors (Lipinski definition) is 1. The molecule has 0 atom stereocenters.